The first-order valence-electron chi connectivity index (χ1n) is 10.3. The standard InChI is InChI=1S/C23H31N3O3/c1-5-29-23(28)22-18(4)24-17(3)21(22)20(27)15-26-12-10-25(11-13-26)14-19-9-7-6-8-16(19)2/h6-9,24H,5,10-15H2,1-4H3. The zero-order chi connectivity index (χ0) is 21.0. The molecule has 3 rings (SSSR count). The van der Waals surface area contributed by atoms with Gasteiger partial charge in [0.15, 0.2) is 5.78 Å². The van der Waals surface area contributed by atoms with Crippen LogP contribution in [0.3, 0.4) is 0 Å². The van der Waals surface area contributed by atoms with E-state index in [0.717, 1.165) is 38.4 Å². The number of hydrogen-bond acceptors (Lipinski definition) is 5. The summed E-state index contributed by atoms with van der Waals surface area (Å²) in [6.07, 6.45) is 0. The SMILES string of the molecule is CCOC(=O)c1c(C)[nH]c(C)c1C(=O)CN1CCN(Cc2ccccc2C)CC1. The van der Waals surface area contributed by atoms with Gasteiger partial charge in [-0.3, -0.25) is 14.6 Å². The number of esters is 1. The van der Waals surface area contributed by atoms with Crippen LogP contribution >= 0.6 is 0 Å². The first-order valence-corrected chi connectivity index (χ1v) is 10.3. The third kappa shape index (κ3) is 4.95. The summed E-state index contributed by atoms with van der Waals surface area (Å²) >= 11 is 0. The highest BCUT2D eigenvalue weighted by atomic mass is 16.5. The van der Waals surface area contributed by atoms with Crippen molar-refractivity contribution >= 4 is 11.8 Å². The van der Waals surface area contributed by atoms with Crippen molar-refractivity contribution in [3.05, 3.63) is 57.9 Å². The summed E-state index contributed by atoms with van der Waals surface area (Å²) in [7, 11) is 0. The molecule has 1 aliphatic rings. The van der Waals surface area contributed by atoms with Gasteiger partial charge in [-0.15, -0.1) is 0 Å². The van der Waals surface area contributed by atoms with Crippen LogP contribution in [0.2, 0.25) is 0 Å². The molecule has 1 fully saturated rings. The van der Waals surface area contributed by atoms with E-state index >= 15 is 0 Å². The second kappa shape index (κ2) is 9.37. The van der Waals surface area contributed by atoms with E-state index in [0.29, 0.717) is 30.0 Å². The molecule has 0 bridgehead atoms. The van der Waals surface area contributed by atoms with Crippen molar-refractivity contribution in [2.45, 2.75) is 34.2 Å². The van der Waals surface area contributed by atoms with E-state index in [1.54, 1.807) is 13.8 Å². The molecule has 6 nitrogen and oxygen atoms in total. The molecule has 1 aromatic carbocycles. The van der Waals surface area contributed by atoms with E-state index in [9.17, 15) is 9.59 Å². The molecule has 1 saturated heterocycles. The molecule has 1 aliphatic heterocycles. The molecule has 0 aliphatic carbocycles. The predicted octanol–water partition coefficient (Wildman–Crippen LogP) is 3.12. The number of nitrogens with one attached hydrogen (secondary N) is 1. The van der Waals surface area contributed by atoms with E-state index in [1.807, 2.05) is 6.92 Å². The zero-order valence-corrected chi connectivity index (χ0v) is 17.9. The van der Waals surface area contributed by atoms with Crippen LogP contribution in [0, 0.1) is 20.8 Å². The number of ketones is 1. The second-order valence-electron chi connectivity index (χ2n) is 7.75. The largest absolute Gasteiger partial charge is 0.462 e. The van der Waals surface area contributed by atoms with Crippen LogP contribution in [-0.2, 0) is 11.3 Å². The third-order valence-corrected chi connectivity index (χ3v) is 5.62. The predicted molar refractivity (Wildman–Crippen MR) is 113 cm³/mol. The molecule has 0 amide bonds. The molecule has 0 unspecified atom stereocenters. The molecule has 2 heterocycles. The van der Waals surface area contributed by atoms with Crippen molar-refractivity contribution in [3.63, 3.8) is 0 Å². The van der Waals surface area contributed by atoms with Crippen molar-refractivity contribution in [3.8, 4) is 0 Å². The average Bonchev–Trinajstić information content (AvgIpc) is 2.99. The van der Waals surface area contributed by atoms with E-state index in [-0.39, 0.29) is 5.78 Å². The lowest BCUT2D eigenvalue weighted by molar-refractivity contribution is 0.0521. The summed E-state index contributed by atoms with van der Waals surface area (Å²) in [4.78, 5) is 33.1. The van der Waals surface area contributed by atoms with Crippen molar-refractivity contribution in [1.82, 2.24) is 14.8 Å². The van der Waals surface area contributed by atoms with E-state index in [1.165, 1.54) is 11.1 Å². The number of nitrogens with zero attached hydrogens (tertiary/aromatic N) is 2. The fraction of sp³-hybridized carbons (Fsp3) is 0.478. The van der Waals surface area contributed by atoms with E-state index in [2.05, 4.69) is 46.0 Å². The van der Waals surface area contributed by atoms with Crippen molar-refractivity contribution < 1.29 is 14.3 Å². The first kappa shape index (κ1) is 21.3. The maximum absolute atomic E-state index is 13.0. The number of Topliss-reactive ketones (excluding diaryl/α,β-unsaturated/α-hetero) is 1. The topological polar surface area (TPSA) is 65.6 Å². The molecular weight excluding hydrogens is 366 g/mol. The van der Waals surface area contributed by atoms with Crippen molar-refractivity contribution in [2.75, 3.05) is 39.3 Å². The van der Waals surface area contributed by atoms with Gasteiger partial charge in [-0.2, -0.15) is 0 Å². The Morgan fingerprint density at radius 1 is 0.966 bits per heavy atom. The van der Waals surface area contributed by atoms with Crippen LogP contribution in [0.1, 0.15) is 50.2 Å². The highest BCUT2D eigenvalue weighted by Crippen LogP contribution is 2.21. The van der Waals surface area contributed by atoms with Gasteiger partial charge in [-0.05, 0) is 38.8 Å². The van der Waals surface area contributed by atoms with Crippen LogP contribution in [0.15, 0.2) is 24.3 Å². The number of aryl methyl sites for hydroxylation is 3. The summed E-state index contributed by atoms with van der Waals surface area (Å²) in [6, 6.07) is 8.48. The number of aromatic nitrogens is 1. The van der Waals surface area contributed by atoms with Crippen molar-refractivity contribution in [1.29, 1.82) is 0 Å². The number of hydrogen-bond donors (Lipinski definition) is 1. The fourth-order valence-electron chi connectivity index (χ4n) is 4.00. The van der Waals surface area contributed by atoms with Gasteiger partial charge in [0.1, 0.15) is 0 Å². The lowest BCUT2D eigenvalue weighted by Crippen LogP contribution is -2.47. The summed E-state index contributed by atoms with van der Waals surface area (Å²) in [5, 5.41) is 0. The lowest BCUT2D eigenvalue weighted by Gasteiger charge is -2.34. The first-order chi connectivity index (χ1) is 13.9. The number of rotatable bonds is 7. The molecule has 1 aromatic heterocycles. The molecule has 0 saturated carbocycles. The van der Waals surface area contributed by atoms with Gasteiger partial charge < -0.3 is 9.72 Å². The minimum atomic E-state index is -0.430. The number of aromatic amines is 1. The smallest absolute Gasteiger partial charge is 0.340 e. The van der Waals surface area contributed by atoms with Gasteiger partial charge in [-0.1, -0.05) is 24.3 Å². The number of piperazine rings is 1. The molecule has 2 aromatic rings. The molecule has 0 radical (unpaired) electrons. The average molecular weight is 398 g/mol. The second-order valence-corrected chi connectivity index (χ2v) is 7.75. The number of benzene rings is 1. The van der Waals surface area contributed by atoms with Gasteiger partial charge in [0, 0.05) is 44.1 Å². The molecule has 156 valence electrons. The Bertz CT molecular complexity index is 879. The maximum atomic E-state index is 13.0. The fourth-order valence-corrected chi connectivity index (χ4v) is 4.00. The Kier molecular flexibility index (Phi) is 6.87. The quantitative estimate of drug-likeness (QED) is 0.574. The van der Waals surface area contributed by atoms with Gasteiger partial charge in [0.05, 0.1) is 24.3 Å². The summed E-state index contributed by atoms with van der Waals surface area (Å²) in [5.74, 6) is -0.456. The Morgan fingerprint density at radius 2 is 1.59 bits per heavy atom. The molecule has 29 heavy (non-hydrogen) atoms. The molecule has 6 heteroatoms. The van der Waals surface area contributed by atoms with Gasteiger partial charge in [-0.25, -0.2) is 4.79 Å². The zero-order valence-electron chi connectivity index (χ0n) is 17.9. The van der Waals surface area contributed by atoms with Crippen LogP contribution < -0.4 is 0 Å². The minimum Gasteiger partial charge on any atom is -0.462 e. The molecule has 0 spiro atoms. The Labute approximate surface area is 172 Å². The van der Waals surface area contributed by atoms with Gasteiger partial charge in [0.25, 0.3) is 0 Å². The highest BCUT2D eigenvalue weighted by Gasteiger charge is 2.27. The van der Waals surface area contributed by atoms with E-state index in [4.69, 9.17) is 4.74 Å². The Balaban J connectivity index is 1.60. The highest BCUT2D eigenvalue weighted by molar-refractivity contribution is 6.09. The third-order valence-electron chi connectivity index (χ3n) is 5.62. The number of carbonyl (C=O) groups is 2. The minimum absolute atomic E-state index is 0.0257. The van der Waals surface area contributed by atoms with Crippen LogP contribution in [-0.4, -0.2) is 65.9 Å². The Morgan fingerprint density at radius 3 is 2.24 bits per heavy atom. The van der Waals surface area contributed by atoms with Gasteiger partial charge >= 0.3 is 5.97 Å². The molecular formula is C23H31N3O3. The van der Waals surface area contributed by atoms with Crippen LogP contribution in [0.5, 0.6) is 0 Å². The number of carbonyl (C=O) groups excluding carboxylic acids is 2. The molecule has 0 atom stereocenters. The number of ether oxygens (including phenoxy) is 1. The van der Waals surface area contributed by atoms with Crippen LogP contribution in [0.4, 0.5) is 0 Å². The summed E-state index contributed by atoms with van der Waals surface area (Å²) in [6.45, 7) is 12.7. The monoisotopic (exact) mass is 397 g/mol. The Hall–Kier alpha value is -2.44. The van der Waals surface area contributed by atoms with Crippen molar-refractivity contribution in [2.24, 2.45) is 0 Å². The lowest BCUT2D eigenvalue weighted by atomic mass is 10.0. The molecule has 1 N–H and O–H groups in total. The summed E-state index contributed by atoms with van der Waals surface area (Å²) in [5.41, 5.74) is 4.95. The van der Waals surface area contributed by atoms with Crippen LogP contribution in [0.25, 0.3) is 0 Å². The maximum Gasteiger partial charge on any atom is 0.340 e. The number of H-pyrrole nitrogens is 1. The summed E-state index contributed by atoms with van der Waals surface area (Å²) < 4.78 is 5.15. The van der Waals surface area contributed by atoms with E-state index < -0.39 is 5.97 Å². The normalized spacial score (nSPS) is 15.4. The van der Waals surface area contributed by atoms with Gasteiger partial charge in [0.2, 0.25) is 0 Å².